The van der Waals surface area contributed by atoms with Gasteiger partial charge in [-0.05, 0) is 63.2 Å². The Balaban J connectivity index is 0.000000211. The highest BCUT2D eigenvalue weighted by molar-refractivity contribution is 6.31. The lowest BCUT2D eigenvalue weighted by Crippen LogP contribution is -2.61. The number of ether oxygens (including phenoxy) is 1. The summed E-state index contributed by atoms with van der Waals surface area (Å²) < 4.78 is 15.2. The molecule has 1 atom stereocenters. The van der Waals surface area contributed by atoms with Crippen LogP contribution in [0.15, 0.2) is 36.9 Å². The zero-order valence-electron chi connectivity index (χ0n) is 19.5. The summed E-state index contributed by atoms with van der Waals surface area (Å²) in [7, 11) is 0.500. The van der Waals surface area contributed by atoms with Gasteiger partial charge in [-0.2, -0.15) is 0 Å². The lowest BCUT2D eigenvalue weighted by molar-refractivity contribution is -0.143. The number of piperidine rings is 1. The molecule has 7 heteroatoms. The maximum Gasteiger partial charge on any atom is 0.245 e. The van der Waals surface area contributed by atoms with E-state index < -0.39 is 0 Å². The first kappa shape index (κ1) is 26.3. The molecule has 178 valence electrons. The first-order valence-corrected chi connectivity index (χ1v) is 11.5. The monoisotopic (exact) mass is 466 g/mol. The molecule has 0 bridgehead atoms. The van der Waals surface area contributed by atoms with Gasteiger partial charge in [-0.15, -0.1) is 0 Å². The Morgan fingerprint density at radius 3 is 2.38 bits per heavy atom. The van der Waals surface area contributed by atoms with Crippen LogP contribution in [-0.4, -0.2) is 67.7 Å². The summed E-state index contributed by atoms with van der Waals surface area (Å²) in [6, 6.07) is 8.15. The number of halogens is 2. The number of amides is 2. The van der Waals surface area contributed by atoms with E-state index in [0.717, 1.165) is 69.9 Å². The molecule has 1 aromatic carbocycles. The molecule has 0 N–H and O–H groups in total. The second kappa shape index (κ2) is 11.8. The first-order chi connectivity index (χ1) is 15.3. The molecule has 32 heavy (non-hydrogen) atoms. The molecule has 1 aromatic rings. The van der Waals surface area contributed by atoms with Crippen LogP contribution < -0.4 is 0 Å². The fourth-order valence-electron chi connectivity index (χ4n) is 4.77. The molecule has 1 spiro atoms. The number of likely N-dealkylation sites (tertiary alicyclic amines) is 2. The highest BCUT2D eigenvalue weighted by Gasteiger charge is 2.45. The van der Waals surface area contributed by atoms with Crippen LogP contribution in [0.2, 0.25) is 5.02 Å². The van der Waals surface area contributed by atoms with E-state index in [1.165, 1.54) is 11.6 Å². The summed E-state index contributed by atoms with van der Waals surface area (Å²) in [5.41, 5.74) is 1.55. The minimum atomic E-state index is -0.0118. The van der Waals surface area contributed by atoms with E-state index in [4.69, 9.17) is 16.3 Å². The van der Waals surface area contributed by atoms with Gasteiger partial charge < -0.3 is 14.5 Å². The second-order valence-corrected chi connectivity index (χ2v) is 9.77. The van der Waals surface area contributed by atoms with Crippen LogP contribution in [0.5, 0.6) is 0 Å². The number of hydrogen-bond donors (Lipinski definition) is 0. The summed E-state index contributed by atoms with van der Waals surface area (Å²) in [5.74, 6) is 0.570. The van der Waals surface area contributed by atoms with Gasteiger partial charge in [0, 0.05) is 43.2 Å². The van der Waals surface area contributed by atoms with Crippen molar-refractivity contribution >= 4 is 23.9 Å². The van der Waals surface area contributed by atoms with Crippen molar-refractivity contribution in [1.29, 1.82) is 0 Å². The number of carbonyl (C=O) groups excluding carboxylic acids is 2. The molecule has 0 aliphatic carbocycles. The van der Waals surface area contributed by atoms with Crippen LogP contribution in [0, 0.1) is 5.41 Å². The van der Waals surface area contributed by atoms with Gasteiger partial charge in [0.1, 0.15) is 0 Å². The average molecular weight is 467 g/mol. The number of carbonyl (C=O) groups is 2. The molecule has 2 amide bonds. The third-order valence-corrected chi connectivity index (χ3v) is 6.93. The van der Waals surface area contributed by atoms with Gasteiger partial charge >= 0.3 is 0 Å². The normalized spacial score (nSPS) is 23.0. The molecule has 3 saturated heterocycles. The molecule has 3 aliphatic rings. The maximum atomic E-state index is 11.3. The molecule has 3 heterocycles. The van der Waals surface area contributed by atoms with E-state index >= 15 is 0 Å². The second-order valence-electron chi connectivity index (χ2n) is 9.36. The quantitative estimate of drug-likeness (QED) is 0.472. The molecular formula is C25H36ClFN2O3. The molecule has 5 nitrogen and oxygen atoms in total. The van der Waals surface area contributed by atoms with Gasteiger partial charge in [0.15, 0.2) is 0 Å². The minimum Gasteiger partial charge on any atom is -0.376 e. The van der Waals surface area contributed by atoms with Gasteiger partial charge in [0.25, 0.3) is 0 Å². The van der Waals surface area contributed by atoms with Gasteiger partial charge in [0.2, 0.25) is 12.3 Å². The van der Waals surface area contributed by atoms with E-state index in [-0.39, 0.29) is 16.9 Å². The number of rotatable bonds is 3. The van der Waals surface area contributed by atoms with Gasteiger partial charge in [-0.1, -0.05) is 36.4 Å². The molecular weight excluding hydrogens is 431 g/mol. The third kappa shape index (κ3) is 6.79. The standard InChI is InChI=1S/C13H17ClO.C11H16N2O2.CH3F/c1-13(2)9-10(7-8-15-13)11-5-3-4-6-12(11)14;1-2-10(15)13-7-11(8-13)3-5-12(9-14)6-4-11;1-2/h3-6,10H,7-9H2,1-2H3;2,9H,1,3-8H2;1H3. The summed E-state index contributed by atoms with van der Waals surface area (Å²) in [5, 5.41) is 0.889. The van der Waals surface area contributed by atoms with Gasteiger partial charge in [-0.25, -0.2) is 0 Å². The summed E-state index contributed by atoms with van der Waals surface area (Å²) in [6.07, 6.45) is 6.45. The molecule has 4 rings (SSSR count). The topological polar surface area (TPSA) is 49.9 Å². The number of hydrogen-bond acceptors (Lipinski definition) is 3. The zero-order chi connectivity index (χ0) is 23.8. The lowest BCUT2D eigenvalue weighted by atomic mass is 9.72. The Morgan fingerprint density at radius 2 is 1.84 bits per heavy atom. The van der Waals surface area contributed by atoms with Crippen LogP contribution in [0.4, 0.5) is 4.39 Å². The number of benzene rings is 1. The predicted molar refractivity (Wildman–Crippen MR) is 127 cm³/mol. The largest absolute Gasteiger partial charge is 0.376 e. The highest BCUT2D eigenvalue weighted by Crippen LogP contribution is 2.40. The number of alkyl halides is 1. The van der Waals surface area contributed by atoms with Crippen LogP contribution in [0.1, 0.15) is 51.0 Å². The van der Waals surface area contributed by atoms with Crippen LogP contribution in [0.25, 0.3) is 0 Å². The summed E-state index contributed by atoms with van der Waals surface area (Å²) >= 11 is 6.21. The van der Waals surface area contributed by atoms with Crippen molar-refractivity contribution in [3.8, 4) is 0 Å². The van der Waals surface area contributed by atoms with E-state index in [0.29, 0.717) is 13.1 Å². The molecule has 0 radical (unpaired) electrons. The fourth-order valence-corrected chi connectivity index (χ4v) is 5.06. The molecule has 0 saturated carbocycles. The summed E-state index contributed by atoms with van der Waals surface area (Å²) in [4.78, 5) is 25.5. The van der Waals surface area contributed by atoms with E-state index in [2.05, 4.69) is 32.6 Å². The molecule has 3 fully saturated rings. The summed E-state index contributed by atoms with van der Waals surface area (Å²) in [6.45, 7) is 12.0. The Hall–Kier alpha value is -1.92. The van der Waals surface area contributed by atoms with Crippen LogP contribution in [0.3, 0.4) is 0 Å². The van der Waals surface area contributed by atoms with Crippen LogP contribution in [-0.2, 0) is 14.3 Å². The number of nitrogens with zero attached hydrogens (tertiary/aromatic N) is 2. The molecule has 3 aliphatic heterocycles. The van der Waals surface area contributed by atoms with Crippen molar-refractivity contribution in [3.05, 3.63) is 47.5 Å². The van der Waals surface area contributed by atoms with Crippen molar-refractivity contribution in [1.82, 2.24) is 9.80 Å². The van der Waals surface area contributed by atoms with Crippen molar-refractivity contribution in [2.75, 3.05) is 40.0 Å². The Labute approximate surface area is 196 Å². The minimum absolute atomic E-state index is 0.0118. The van der Waals surface area contributed by atoms with E-state index in [1.807, 2.05) is 21.9 Å². The Bertz CT molecular complexity index is 770. The highest BCUT2D eigenvalue weighted by atomic mass is 35.5. The maximum absolute atomic E-state index is 11.3. The van der Waals surface area contributed by atoms with Crippen molar-refractivity contribution < 1.29 is 18.7 Å². The molecule has 1 unspecified atom stereocenters. The van der Waals surface area contributed by atoms with Gasteiger partial charge in [0.05, 0.1) is 12.8 Å². The SMILES string of the molecule is C=CC(=O)N1CC2(CCN(C=O)CC2)C1.CC1(C)CC(c2ccccc2Cl)CCO1.CF. The Kier molecular flexibility index (Phi) is 9.71. The molecule has 0 aromatic heterocycles. The smallest absolute Gasteiger partial charge is 0.245 e. The van der Waals surface area contributed by atoms with E-state index in [9.17, 15) is 14.0 Å². The lowest BCUT2D eigenvalue weighted by Gasteiger charge is -2.53. The van der Waals surface area contributed by atoms with Crippen LogP contribution >= 0.6 is 11.6 Å². The van der Waals surface area contributed by atoms with Crippen molar-refractivity contribution in [3.63, 3.8) is 0 Å². The average Bonchev–Trinajstić information content (AvgIpc) is 2.78. The Morgan fingerprint density at radius 1 is 1.22 bits per heavy atom. The van der Waals surface area contributed by atoms with Crippen molar-refractivity contribution in [2.24, 2.45) is 5.41 Å². The fraction of sp³-hybridized carbons (Fsp3) is 0.600. The predicted octanol–water partition coefficient (Wildman–Crippen LogP) is 4.85. The van der Waals surface area contributed by atoms with Crippen molar-refractivity contribution in [2.45, 2.75) is 51.0 Å². The zero-order valence-corrected chi connectivity index (χ0v) is 20.2. The van der Waals surface area contributed by atoms with Gasteiger partial charge in [-0.3, -0.25) is 14.0 Å². The third-order valence-electron chi connectivity index (χ3n) is 6.59. The van der Waals surface area contributed by atoms with E-state index in [1.54, 1.807) is 0 Å². The first-order valence-electron chi connectivity index (χ1n) is 11.1.